The minimum absolute atomic E-state index is 0.605. The number of hydrogen-bond acceptors (Lipinski definition) is 1. The van der Waals surface area contributed by atoms with E-state index in [-0.39, 0.29) is 0 Å². The zero-order valence-electron chi connectivity index (χ0n) is 7.83. The molecule has 1 N–H and O–H groups in total. The summed E-state index contributed by atoms with van der Waals surface area (Å²) < 4.78 is 0. The Kier molecular flexibility index (Phi) is 3.11. The van der Waals surface area contributed by atoms with E-state index in [0.29, 0.717) is 6.42 Å². The number of aryl methyl sites for hydroxylation is 1. The van der Waals surface area contributed by atoms with Gasteiger partial charge in [-0.25, -0.2) is 0 Å². The van der Waals surface area contributed by atoms with Crippen LogP contribution < -0.4 is 0 Å². The molecule has 0 saturated carbocycles. The summed E-state index contributed by atoms with van der Waals surface area (Å²) in [6.07, 6.45) is 6.59. The second kappa shape index (κ2) is 4.11. The van der Waals surface area contributed by atoms with Crippen LogP contribution in [0, 0.1) is 12.3 Å². The zero-order valence-corrected chi connectivity index (χ0v) is 7.83. The van der Waals surface area contributed by atoms with Gasteiger partial charge in [0, 0.05) is 0 Å². The van der Waals surface area contributed by atoms with Crippen LogP contribution in [-0.2, 0) is 6.42 Å². The molecule has 1 heteroatoms. The number of benzene rings is 1. The maximum atomic E-state index is 9.55. The summed E-state index contributed by atoms with van der Waals surface area (Å²) in [6.45, 7) is 1.66. The molecule has 0 aliphatic rings. The molecule has 0 fully saturated rings. The highest BCUT2D eigenvalue weighted by molar-refractivity contribution is 5.16. The first-order valence-electron chi connectivity index (χ1n) is 4.38. The largest absolute Gasteiger partial charge is 0.378 e. The monoisotopic (exact) mass is 174 g/mol. The fraction of sp³-hybridized carbons (Fsp3) is 0.333. The van der Waals surface area contributed by atoms with Gasteiger partial charge < -0.3 is 5.11 Å². The summed E-state index contributed by atoms with van der Waals surface area (Å²) in [5.74, 6) is 2.37. The lowest BCUT2D eigenvalue weighted by Gasteiger charge is -2.15. The first-order valence-corrected chi connectivity index (χ1v) is 4.38. The van der Waals surface area contributed by atoms with E-state index in [9.17, 15) is 5.11 Å². The maximum absolute atomic E-state index is 9.55. The average Bonchev–Trinajstić information content (AvgIpc) is 2.17. The summed E-state index contributed by atoms with van der Waals surface area (Å²) in [5, 5.41) is 9.55. The van der Waals surface area contributed by atoms with E-state index in [1.807, 2.05) is 30.3 Å². The van der Waals surface area contributed by atoms with Crippen LogP contribution in [-0.4, -0.2) is 10.7 Å². The van der Waals surface area contributed by atoms with Gasteiger partial charge in [0.15, 0.2) is 0 Å². The molecule has 1 aromatic carbocycles. The smallest absolute Gasteiger partial charge is 0.122 e. The van der Waals surface area contributed by atoms with Crippen LogP contribution in [0.15, 0.2) is 30.3 Å². The minimum atomic E-state index is -0.976. The van der Waals surface area contributed by atoms with Gasteiger partial charge >= 0.3 is 0 Å². The minimum Gasteiger partial charge on any atom is -0.378 e. The molecule has 0 saturated heterocycles. The Bertz CT molecular complexity index is 293. The Hall–Kier alpha value is -1.26. The van der Waals surface area contributed by atoms with Crippen LogP contribution in [0.2, 0.25) is 0 Å². The van der Waals surface area contributed by atoms with E-state index in [2.05, 4.69) is 5.92 Å². The van der Waals surface area contributed by atoms with Crippen molar-refractivity contribution in [1.29, 1.82) is 0 Å². The van der Waals surface area contributed by atoms with Gasteiger partial charge in [-0.3, -0.25) is 0 Å². The lowest BCUT2D eigenvalue weighted by molar-refractivity contribution is 0.113. The van der Waals surface area contributed by atoms with Crippen LogP contribution in [0.5, 0.6) is 0 Å². The predicted molar refractivity (Wildman–Crippen MR) is 54.2 cm³/mol. The second-order valence-corrected chi connectivity index (χ2v) is 3.40. The molecule has 1 unspecified atom stereocenters. The van der Waals surface area contributed by atoms with Gasteiger partial charge in [0.1, 0.15) is 5.60 Å². The highest BCUT2D eigenvalue weighted by atomic mass is 16.3. The third-order valence-corrected chi connectivity index (χ3v) is 2.05. The van der Waals surface area contributed by atoms with Gasteiger partial charge in [0.2, 0.25) is 0 Å². The van der Waals surface area contributed by atoms with Crippen LogP contribution >= 0.6 is 0 Å². The standard InChI is InChI=1S/C12H14O/c1-3-12(2,13)10-9-11-7-5-4-6-8-11/h1,4-8,13H,9-10H2,2H3. The molecule has 0 amide bonds. The van der Waals surface area contributed by atoms with Crippen LogP contribution in [0.3, 0.4) is 0 Å². The molecule has 1 rings (SSSR count). The Morgan fingerprint density at radius 1 is 1.38 bits per heavy atom. The molecule has 0 bridgehead atoms. The van der Waals surface area contributed by atoms with Crippen molar-refractivity contribution >= 4 is 0 Å². The molecular formula is C12H14O. The van der Waals surface area contributed by atoms with E-state index < -0.39 is 5.60 Å². The van der Waals surface area contributed by atoms with Crippen molar-refractivity contribution in [2.75, 3.05) is 0 Å². The molecular weight excluding hydrogens is 160 g/mol. The van der Waals surface area contributed by atoms with Gasteiger partial charge in [0.05, 0.1) is 0 Å². The van der Waals surface area contributed by atoms with Crippen molar-refractivity contribution in [3.63, 3.8) is 0 Å². The fourth-order valence-corrected chi connectivity index (χ4v) is 1.10. The SMILES string of the molecule is C#CC(C)(O)CCc1ccccc1. The quantitative estimate of drug-likeness (QED) is 0.695. The van der Waals surface area contributed by atoms with Crippen molar-refractivity contribution in [2.24, 2.45) is 0 Å². The van der Waals surface area contributed by atoms with Crippen LogP contribution in [0.1, 0.15) is 18.9 Å². The fourth-order valence-electron chi connectivity index (χ4n) is 1.10. The van der Waals surface area contributed by atoms with Crippen molar-refractivity contribution in [1.82, 2.24) is 0 Å². The molecule has 0 heterocycles. The zero-order chi connectivity index (χ0) is 9.73. The third-order valence-electron chi connectivity index (χ3n) is 2.05. The van der Waals surface area contributed by atoms with Gasteiger partial charge in [-0.05, 0) is 25.3 Å². The molecule has 0 spiro atoms. The lowest BCUT2D eigenvalue weighted by atomic mass is 9.98. The van der Waals surface area contributed by atoms with Crippen molar-refractivity contribution in [3.8, 4) is 12.3 Å². The Labute approximate surface area is 79.4 Å². The van der Waals surface area contributed by atoms with E-state index in [4.69, 9.17) is 6.42 Å². The number of aliphatic hydroxyl groups is 1. The number of rotatable bonds is 3. The molecule has 1 atom stereocenters. The Morgan fingerprint density at radius 3 is 2.54 bits per heavy atom. The first-order chi connectivity index (χ1) is 6.14. The highest BCUT2D eigenvalue weighted by Crippen LogP contribution is 2.12. The molecule has 68 valence electrons. The lowest BCUT2D eigenvalue weighted by Crippen LogP contribution is -2.21. The van der Waals surface area contributed by atoms with E-state index >= 15 is 0 Å². The molecule has 0 radical (unpaired) electrons. The van der Waals surface area contributed by atoms with Crippen molar-refractivity contribution in [2.45, 2.75) is 25.4 Å². The maximum Gasteiger partial charge on any atom is 0.122 e. The summed E-state index contributed by atoms with van der Waals surface area (Å²) >= 11 is 0. The highest BCUT2D eigenvalue weighted by Gasteiger charge is 2.15. The molecule has 1 nitrogen and oxygen atoms in total. The summed E-state index contributed by atoms with van der Waals surface area (Å²) in [4.78, 5) is 0. The number of terminal acetylenes is 1. The summed E-state index contributed by atoms with van der Waals surface area (Å²) in [5.41, 5.74) is 0.230. The first kappa shape index (κ1) is 9.83. The topological polar surface area (TPSA) is 20.2 Å². The van der Waals surface area contributed by atoms with E-state index in [1.165, 1.54) is 5.56 Å². The Morgan fingerprint density at radius 2 is 2.00 bits per heavy atom. The van der Waals surface area contributed by atoms with Gasteiger partial charge in [-0.1, -0.05) is 36.3 Å². The summed E-state index contributed by atoms with van der Waals surface area (Å²) in [7, 11) is 0. The summed E-state index contributed by atoms with van der Waals surface area (Å²) in [6, 6.07) is 10.0. The van der Waals surface area contributed by atoms with Crippen LogP contribution in [0.4, 0.5) is 0 Å². The average molecular weight is 174 g/mol. The van der Waals surface area contributed by atoms with E-state index in [1.54, 1.807) is 6.92 Å². The predicted octanol–water partition coefficient (Wildman–Crippen LogP) is 2.00. The Balaban J connectivity index is 2.50. The molecule has 0 aromatic heterocycles. The number of hydrogen-bond donors (Lipinski definition) is 1. The van der Waals surface area contributed by atoms with Crippen molar-refractivity contribution in [3.05, 3.63) is 35.9 Å². The molecule has 1 aromatic rings. The van der Waals surface area contributed by atoms with E-state index in [0.717, 1.165) is 6.42 Å². The van der Waals surface area contributed by atoms with Gasteiger partial charge in [-0.2, -0.15) is 0 Å². The van der Waals surface area contributed by atoms with Crippen LogP contribution in [0.25, 0.3) is 0 Å². The normalized spacial score (nSPS) is 14.5. The van der Waals surface area contributed by atoms with Gasteiger partial charge in [-0.15, -0.1) is 6.42 Å². The molecule has 0 aliphatic carbocycles. The third kappa shape index (κ3) is 3.31. The molecule has 0 aliphatic heterocycles. The second-order valence-electron chi connectivity index (χ2n) is 3.40. The van der Waals surface area contributed by atoms with Crippen molar-refractivity contribution < 1.29 is 5.11 Å². The van der Waals surface area contributed by atoms with Gasteiger partial charge in [0.25, 0.3) is 0 Å². The molecule has 13 heavy (non-hydrogen) atoms.